The molecule has 0 saturated carbocycles. The number of anilines is 1. The number of carboxylic acid groups (broad SMARTS) is 1. The molecule has 0 bridgehead atoms. The number of aliphatic carboxylic acids is 1. The lowest BCUT2D eigenvalue weighted by Crippen LogP contribution is -2.30. The fourth-order valence-corrected chi connectivity index (χ4v) is 2.31. The second-order valence-corrected chi connectivity index (χ2v) is 5.12. The Hall–Kier alpha value is -2.36. The van der Waals surface area contributed by atoms with Crippen molar-refractivity contribution in [3.05, 3.63) is 59.8 Å². The summed E-state index contributed by atoms with van der Waals surface area (Å²) in [7, 11) is 0. The number of carbonyl (C=O) groups is 1. The molecule has 0 fully saturated rings. The molecule has 0 radical (unpaired) electrons. The lowest BCUT2D eigenvalue weighted by molar-refractivity contribution is -0.136. The zero-order chi connectivity index (χ0) is 15.2. The van der Waals surface area contributed by atoms with Crippen LogP contribution in [0.15, 0.2) is 48.7 Å². The van der Waals surface area contributed by atoms with Gasteiger partial charge in [-0.2, -0.15) is 0 Å². The first-order valence-electron chi connectivity index (χ1n) is 7.04. The summed E-state index contributed by atoms with van der Waals surface area (Å²) in [5.74, 6) is 0.0144. The van der Waals surface area contributed by atoms with Crippen molar-refractivity contribution in [2.75, 3.05) is 11.4 Å². The molecule has 1 aromatic carbocycles. The number of rotatable bonds is 6. The number of hydrogen-bond acceptors (Lipinski definition) is 3. The average Bonchev–Trinajstić information content (AvgIpc) is 2.48. The van der Waals surface area contributed by atoms with Crippen molar-refractivity contribution < 1.29 is 9.90 Å². The minimum absolute atomic E-state index is 0.0693. The van der Waals surface area contributed by atoms with E-state index >= 15 is 0 Å². The van der Waals surface area contributed by atoms with Crippen LogP contribution in [0.3, 0.4) is 0 Å². The standard InChI is InChI=1S/C17H20N2O2/c1-13-8-10-18-16(12-13)19(11-9-17(20)21)14(2)15-6-4-3-5-7-15/h3-8,10,12,14H,9,11H2,1-2H3,(H,20,21). The van der Waals surface area contributed by atoms with E-state index in [0.29, 0.717) is 6.54 Å². The van der Waals surface area contributed by atoms with Crippen LogP contribution in [-0.2, 0) is 4.79 Å². The van der Waals surface area contributed by atoms with Gasteiger partial charge in [-0.05, 0) is 37.1 Å². The number of benzene rings is 1. The van der Waals surface area contributed by atoms with E-state index in [1.165, 1.54) is 0 Å². The molecule has 2 aromatic rings. The zero-order valence-corrected chi connectivity index (χ0v) is 12.4. The van der Waals surface area contributed by atoms with Crippen molar-refractivity contribution in [3.63, 3.8) is 0 Å². The number of carboxylic acids is 1. The lowest BCUT2D eigenvalue weighted by Gasteiger charge is -2.30. The molecule has 0 aliphatic heterocycles. The topological polar surface area (TPSA) is 53.4 Å². The van der Waals surface area contributed by atoms with Gasteiger partial charge < -0.3 is 10.0 Å². The second-order valence-electron chi connectivity index (χ2n) is 5.12. The first-order valence-corrected chi connectivity index (χ1v) is 7.04. The number of pyridine rings is 1. The highest BCUT2D eigenvalue weighted by atomic mass is 16.4. The van der Waals surface area contributed by atoms with Crippen LogP contribution >= 0.6 is 0 Å². The molecule has 1 unspecified atom stereocenters. The maximum atomic E-state index is 10.9. The fourth-order valence-electron chi connectivity index (χ4n) is 2.31. The van der Waals surface area contributed by atoms with Gasteiger partial charge in [0.15, 0.2) is 0 Å². The van der Waals surface area contributed by atoms with Crippen LogP contribution in [-0.4, -0.2) is 22.6 Å². The molecule has 2 rings (SSSR count). The molecule has 0 aliphatic carbocycles. The van der Waals surface area contributed by atoms with Gasteiger partial charge in [0.05, 0.1) is 12.5 Å². The first kappa shape index (κ1) is 15.0. The van der Waals surface area contributed by atoms with E-state index in [-0.39, 0.29) is 12.5 Å². The van der Waals surface area contributed by atoms with E-state index in [4.69, 9.17) is 5.11 Å². The van der Waals surface area contributed by atoms with Gasteiger partial charge in [0.25, 0.3) is 0 Å². The molecule has 0 aliphatic rings. The van der Waals surface area contributed by atoms with E-state index in [1.54, 1.807) is 6.20 Å². The number of aromatic nitrogens is 1. The molecule has 1 atom stereocenters. The van der Waals surface area contributed by atoms with Gasteiger partial charge >= 0.3 is 5.97 Å². The highest BCUT2D eigenvalue weighted by Gasteiger charge is 2.18. The van der Waals surface area contributed by atoms with Crippen LogP contribution in [0.1, 0.15) is 30.5 Å². The SMILES string of the molecule is Cc1ccnc(N(CCC(=O)O)C(C)c2ccccc2)c1. The largest absolute Gasteiger partial charge is 0.481 e. The first-order chi connectivity index (χ1) is 10.1. The van der Waals surface area contributed by atoms with Gasteiger partial charge in [-0.25, -0.2) is 4.98 Å². The van der Waals surface area contributed by atoms with Gasteiger partial charge in [0, 0.05) is 12.7 Å². The smallest absolute Gasteiger partial charge is 0.305 e. The third-order valence-electron chi connectivity index (χ3n) is 3.51. The van der Waals surface area contributed by atoms with Gasteiger partial charge in [-0.1, -0.05) is 30.3 Å². The minimum Gasteiger partial charge on any atom is -0.481 e. The Morgan fingerprint density at radius 3 is 2.62 bits per heavy atom. The third-order valence-corrected chi connectivity index (χ3v) is 3.51. The predicted octanol–water partition coefficient (Wildman–Crippen LogP) is 3.43. The number of aryl methyl sites for hydroxylation is 1. The highest BCUT2D eigenvalue weighted by molar-refractivity contribution is 5.67. The molecule has 0 amide bonds. The molecule has 1 heterocycles. The third kappa shape index (κ3) is 4.05. The van der Waals surface area contributed by atoms with Crippen LogP contribution in [0.2, 0.25) is 0 Å². The van der Waals surface area contributed by atoms with E-state index in [0.717, 1.165) is 16.9 Å². The van der Waals surface area contributed by atoms with Crippen LogP contribution in [0.5, 0.6) is 0 Å². The molecule has 4 heteroatoms. The molecule has 1 aromatic heterocycles. The molecule has 4 nitrogen and oxygen atoms in total. The van der Waals surface area contributed by atoms with Crippen molar-refractivity contribution in [2.45, 2.75) is 26.3 Å². The minimum atomic E-state index is -0.798. The van der Waals surface area contributed by atoms with Gasteiger partial charge in [-0.3, -0.25) is 4.79 Å². The summed E-state index contributed by atoms with van der Waals surface area (Å²) in [6, 6.07) is 14.0. The summed E-state index contributed by atoms with van der Waals surface area (Å²) in [4.78, 5) is 17.3. The maximum absolute atomic E-state index is 10.9. The second kappa shape index (κ2) is 6.88. The summed E-state index contributed by atoms with van der Waals surface area (Å²) >= 11 is 0. The summed E-state index contributed by atoms with van der Waals surface area (Å²) in [5, 5.41) is 8.97. The zero-order valence-electron chi connectivity index (χ0n) is 12.4. The molecular formula is C17H20N2O2. The van der Waals surface area contributed by atoms with Gasteiger partial charge in [0.1, 0.15) is 5.82 Å². The summed E-state index contributed by atoms with van der Waals surface area (Å²) in [6.45, 7) is 4.51. The number of nitrogens with zero attached hydrogens (tertiary/aromatic N) is 2. The normalized spacial score (nSPS) is 11.9. The number of hydrogen-bond donors (Lipinski definition) is 1. The molecule has 110 valence electrons. The average molecular weight is 284 g/mol. The Bertz CT molecular complexity index is 599. The summed E-state index contributed by atoms with van der Waals surface area (Å²) in [5.41, 5.74) is 2.26. The van der Waals surface area contributed by atoms with Crippen molar-refractivity contribution in [3.8, 4) is 0 Å². The van der Waals surface area contributed by atoms with Crippen molar-refractivity contribution in [2.24, 2.45) is 0 Å². The van der Waals surface area contributed by atoms with Crippen LogP contribution in [0, 0.1) is 6.92 Å². The van der Waals surface area contributed by atoms with Crippen molar-refractivity contribution in [1.29, 1.82) is 0 Å². The Morgan fingerprint density at radius 1 is 1.29 bits per heavy atom. The van der Waals surface area contributed by atoms with Crippen molar-refractivity contribution in [1.82, 2.24) is 4.98 Å². The Morgan fingerprint density at radius 2 is 2.00 bits per heavy atom. The van der Waals surface area contributed by atoms with E-state index in [1.807, 2.05) is 54.3 Å². The fraction of sp³-hybridized carbons (Fsp3) is 0.294. The van der Waals surface area contributed by atoms with Gasteiger partial charge in [-0.15, -0.1) is 0 Å². The Kier molecular flexibility index (Phi) is 4.93. The highest BCUT2D eigenvalue weighted by Crippen LogP contribution is 2.26. The molecular weight excluding hydrogens is 264 g/mol. The summed E-state index contributed by atoms with van der Waals surface area (Å²) in [6.07, 6.45) is 1.85. The maximum Gasteiger partial charge on any atom is 0.305 e. The van der Waals surface area contributed by atoms with E-state index in [9.17, 15) is 4.79 Å². The van der Waals surface area contributed by atoms with E-state index < -0.39 is 5.97 Å². The van der Waals surface area contributed by atoms with Crippen molar-refractivity contribution >= 4 is 11.8 Å². The molecule has 21 heavy (non-hydrogen) atoms. The molecule has 0 spiro atoms. The monoisotopic (exact) mass is 284 g/mol. The quantitative estimate of drug-likeness (QED) is 0.883. The van der Waals surface area contributed by atoms with Crippen LogP contribution in [0.4, 0.5) is 5.82 Å². The van der Waals surface area contributed by atoms with Crippen LogP contribution < -0.4 is 4.90 Å². The predicted molar refractivity (Wildman–Crippen MR) is 83.4 cm³/mol. The van der Waals surface area contributed by atoms with Gasteiger partial charge in [0.2, 0.25) is 0 Å². The lowest BCUT2D eigenvalue weighted by atomic mass is 10.1. The summed E-state index contributed by atoms with van der Waals surface area (Å²) < 4.78 is 0. The molecule has 0 saturated heterocycles. The Labute approximate surface area is 125 Å². The van der Waals surface area contributed by atoms with Crippen LogP contribution in [0.25, 0.3) is 0 Å². The van der Waals surface area contributed by atoms with E-state index in [2.05, 4.69) is 11.9 Å². The Balaban J connectivity index is 2.29. The molecule has 1 N–H and O–H groups in total.